The lowest BCUT2D eigenvalue weighted by molar-refractivity contribution is 0.0924. The molecule has 4 rings (SSSR count). The average Bonchev–Trinajstić information content (AvgIpc) is 2.97. The summed E-state index contributed by atoms with van der Waals surface area (Å²) in [7, 11) is -2.71. The van der Waals surface area contributed by atoms with Crippen LogP contribution >= 0.6 is 23.2 Å². The summed E-state index contributed by atoms with van der Waals surface area (Å²) < 4.78 is 15.4. The molecular weight excluding hydrogens is 489 g/mol. The van der Waals surface area contributed by atoms with E-state index in [9.17, 15) is 23.4 Å². The Balaban J connectivity index is 1.78. The molecule has 8 nitrogen and oxygen atoms in total. The maximum Gasteiger partial charge on any atom is 0.285 e. The number of pyridine rings is 1. The number of hydrogen-bond acceptors (Lipinski definition) is 5. The number of nitrogens with one attached hydrogen (secondary N) is 1. The van der Waals surface area contributed by atoms with Crippen LogP contribution in [-0.2, 0) is 9.73 Å². The van der Waals surface area contributed by atoms with Crippen LogP contribution in [-0.4, -0.2) is 39.4 Å². The Morgan fingerprint density at radius 3 is 2.27 bits per heavy atom. The van der Waals surface area contributed by atoms with E-state index >= 15 is 0 Å². The Hall–Kier alpha value is -3.27. The van der Waals surface area contributed by atoms with Crippen molar-refractivity contribution in [3.05, 3.63) is 85.8 Å². The van der Waals surface area contributed by atoms with Crippen molar-refractivity contribution < 1.29 is 18.6 Å². The summed E-state index contributed by atoms with van der Waals surface area (Å²) in [4.78, 5) is 54.2. The number of amides is 3. The van der Waals surface area contributed by atoms with Gasteiger partial charge in [-0.3, -0.25) is 19.2 Å². The van der Waals surface area contributed by atoms with E-state index < -0.39 is 33.0 Å². The van der Waals surface area contributed by atoms with Crippen molar-refractivity contribution in [3.63, 3.8) is 0 Å². The first kappa shape index (κ1) is 22.9. The topological polar surface area (TPSA) is 117 Å². The van der Waals surface area contributed by atoms with Crippen molar-refractivity contribution in [1.29, 1.82) is 0 Å². The summed E-state index contributed by atoms with van der Waals surface area (Å²) in [5.74, 6) is -2.27. The first-order valence-electron chi connectivity index (χ1n) is 9.39. The van der Waals surface area contributed by atoms with Crippen LogP contribution in [0.2, 0.25) is 10.0 Å². The third-order valence-corrected chi connectivity index (χ3v) is 5.96. The van der Waals surface area contributed by atoms with Crippen molar-refractivity contribution in [2.24, 2.45) is 4.36 Å². The van der Waals surface area contributed by atoms with Gasteiger partial charge in [0.1, 0.15) is 5.69 Å². The van der Waals surface area contributed by atoms with Gasteiger partial charge in [-0.1, -0.05) is 29.3 Å². The van der Waals surface area contributed by atoms with Gasteiger partial charge in [-0.15, -0.1) is 0 Å². The molecular formula is C22H15Cl2N3O5S. The highest BCUT2D eigenvalue weighted by Crippen LogP contribution is 2.33. The number of rotatable bonds is 3. The monoisotopic (exact) mass is 503 g/mol. The minimum absolute atomic E-state index is 0.00350. The molecule has 0 spiro atoms. The molecule has 33 heavy (non-hydrogen) atoms. The van der Waals surface area contributed by atoms with Crippen molar-refractivity contribution in [1.82, 2.24) is 4.98 Å². The van der Waals surface area contributed by atoms with E-state index in [-0.39, 0.29) is 22.4 Å². The lowest BCUT2D eigenvalue weighted by atomic mass is 10.1. The fourth-order valence-electron chi connectivity index (χ4n) is 3.36. The van der Waals surface area contributed by atoms with Crippen LogP contribution in [0.15, 0.2) is 57.8 Å². The van der Waals surface area contributed by atoms with Gasteiger partial charge in [-0.2, -0.15) is 4.36 Å². The van der Waals surface area contributed by atoms with Gasteiger partial charge in [0, 0.05) is 55.2 Å². The highest BCUT2D eigenvalue weighted by molar-refractivity contribution is 7.92. The van der Waals surface area contributed by atoms with Crippen LogP contribution in [0.4, 0.5) is 5.69 Å². The molecule has 2 heterocycles. The molecule has 0 fully saturated rings. The molecule has 3 amide bonds. The summed E-state index contributed by atoms with van der Waals surface area (Å²) in [5.41, 5.74) is 0.0942. The second-order valence-corrected chi connectivity index (χ2v) is 10.9. The molecule has 0 aliphatic carbocycles. The third-order valence-electron chi connectivity index (χ3n) is 4.80. The van der Waals surface area contributed by atoms with Gasteiger partial charge in [0.25, 0.3) is 23.3 Å². The number of carbonyl (C=O) groups excluding carboxylic acids is 3. The smallest absolute Gasteiger partial charge is 0.285 e. The molecule has 0 saturated heterocycles. The summed E-state index contributed by atoms with van der Waals surface area (Å²) in [6.45, 7) is 0. The zero-order valence-corrected chi connectivity index (χ0v) is 19.5. The highest BCUT2D eigenvalue weighted by Gasteiger charge is 2.38. The predicted octanol–water partition coefficient (Wildman–Crippen LogP) is 4.02. The zero-order chi connectivity index (χ0) is 24.1. The maximum absolute atomic E-state index is 13.1. The molecule has 2 aromatic carbocycles. The summed E-state index contributed by atoms with van der Waals surface area (Å²) in [6.07, 6.45) is 4.02. The molecule has 0 unspecified atom stereocenters. The minimum Gasteiger partial charge on any atom is -0.327 e. The molecule has 168 valence electrons. The normalized spacial score (nSPS) is 13.3. The highest BCUT2D eigenvalue weighted by atomic mass is 35.5. The first-order valence-corrected chi connectivity index (χ1v) is 12.5. The lowest BCUT2D eigenvalue weighted by Crippen LogP contribution is -2.34. The van der Waals surface area contributed by atoms with E-state index in [1.54, 1.807) is 12.1 Å². The van der Waals surface area contributed by atoms with Gasteiger partial charge >= 0.3 is 0 Å². The number of aromatic amines is 1. The van der Waals surface area contributed by atoms with E-state index in [1.807, 2.05) is 0 Å². The number of anilines is 1. The number of hydrogen-bond donors (Lipinski definition) is 1. The number of aromatic nitrogens is 1. The van der Waals surface area contributed by atoms with Gasteiger partial charge in [0.05, 0.1) is 11.1 Å². The fourth-order valence-corrected chi connectivity index (χ4v) is 4.38. The van der Waals surface area contributed by atoms with Crippen LogP contribution in [0.1, 0.15) is 31.1 Å². The number of imide groups is 1. The zero-order valence-electron chi connectivity index (χ0n) is 17.2. The second kappa shape index (κ2) is 8.26. The van der Waals surface area contributed by atoms with Crippen molar-refractivity contribution in [2.75, 3.05) is 17.4 Å². The molecule has 1 N–H and O–H groups in total. The number of halogens is 2. The number of carbonyl (C=O) groups is 3. The Kier molecular flexibility index (Phi) is 5.73. The van der Waals surface area contributed by atoms with Crippen LogP contribution in [0, 0.1) is 0 Å². The van der Waals surface area contributed by atoms with Gasteiger partial charge < -0.3 is 4.98 Å². The average molecular weight is 504 g/mol. The standard InChI is InChI=1S/C22H15Cl2N3O5S/c1-33(2,32)26-19(28)11-3-5-15-16(7-11)22(31)27(21(15)30)18-8-12(10-25-20(18)29)14-6-4-13(23)9-17(14)24/h3-10H,1-2H3,(H,25,29). The molecule has 0 atom stereocenters. The van der Waals surface area contributed by atoms with Crippen molar-refractivity contribution in [3.8, 4) is 11.1 Å². The second-order valence-electron chi connectivity index (χ2n) is 7.51. The quantitative estimate of drug-likeness (QED) is 0.541. The Labute approximate surface area is 198 Å². The largest absolute Gasteiger partial charge is 0.327 e. The SMILES string of the molecule is CS(C)(=O)=NC(=O)c1ccc2c(c1)C(=O)N(c1cc(-c3ccc(Cl)cc3Cl)c[nH]c1=O)C2=O. The number of H-pyrrole nitrogens is 1. The maximum atomic E-state index is 13.1. The van der Waals surface area contributed by atoms with Crippen LogP contribution in [0.3, 0.4) is 0 Å². The van der Waals surface area contributed by atoms with Gasteiger partial charge in [-0.05, 0) is 36.4 Å². The molecule has 3 aromatic rings. The lowest BCUT2D eigenvalue weighted by Gasteiger charge is -2.14. The third kappa shape index (κ3) is 4.35. The fraction of sp³-hybridized carbons (Fsp3) is 0.0909. The van der Waals surface area contributed by atoms with Gasteiger partial charge in [-0.25, -0.2) is 9.11 Å². The van der Waals surface area contributed by atoms with Gasteiger partial charge in [0.15, 0.2) is 0 Å². The molecule has 0 saturated carbocycles. The van der Waals surface area contributed by atoms with Gasteiger partial charge in [0.2, 0.25) is 0 Å². The van der Waals surface area contributed by atoms with E-state index in [4.69, 9.17) is 23.2 Å². The van der Waals surface area contributed by atoms with E-state index in [2.05, 4.69) is 9.35 Å². The Morgan fingerprint density at radius 2 is 1.61 bits per heavy atom. The van der Waals surface area contributed by atoms with Crippen LogP contribution < -0.4 is 10.5 Å². The summed E-state index contributed by atoms with van der Waals surface area (Å²) >= 11 is 12.2. The minimum atomic E-state index is -2.71. The first-order chi connectivity index (χ1) is 15.5. The predicted molar refractivity (Wildman–Crippen MR) is 127 cm³/mol. The van der Waals surface area contributed by atoms with E-state index in [0.29, 0.717) is 21.2 Å². The molecule has 0 bridgehead atoms. The van der Waals surface area contributed by atoms with Crippen molar-refractivity contribution >= 4 is 56.3 Å². The summed E-state index contributed by atoms with van der Waals surface area (Å²) in [6, 6.07) is 9.99. The Bertz CT molecular complexity index is 1550. The number of nitrogens with zero attached hydrogens (tertiary/aromatic N) is 2. The summed E-state index contributed by atoms with van der Waals surface area (Å²) in [5, 5.41) is 0.742. The van der Waals surface area contributed by atoms with Crippen LogP contribution in [0.5, 0.6) is 0 Å². The number of fused-ring (bicyclic) bond motifs is 1. The van der Waals surface area contributed by atoms with E-state index in [1.165, 1.54) is 49.0 Å². The molecule has 1 aliphatic heterocycles. The molecule has 1 aromatic heterocycles. The molecule has 11 heteroatoms. The van der Waals surface area contributed by atoms with E-state index in [0.717, 1.165) is 4.90 Å². The number of benzene rings is 2. The van der Waals surface area contributed by atoms with Crippen LogP contribution in [0.25, 0.3) is 11.1 Å². The molecule has 1 aliphatic rings. The molecule has 0 radical (unpaired) electrons. The Morgan fingerprint density at radius 1 is 0.939 bits per heavy atom. The van der Waals surface area contributed by atoms with Crippen molar-refractivity contribution in [2.45, 2.75) is 0 Å².